The Balaban J connectivity index is 1.23. The van der Waals surface area contributed by atoms with E-state index in [4.69, 9.17) is 25.5 Å². The highest BCUT2D eigenvalue weighted by Crippen LogP contribution is 2.34. The molecule has 0 amide bonds. The number of rotatable bonds is 8. The minimum absolute atomic E-state index is 0.0736. The zero-order valence-corrected chi connectivity index (χ0v) is 19.6. The van der Waals surface area contributed by atoms with Gasteiger partial charge in [-0.2, -0.15) is 0 Å². The first kappa shape index (κ1) is 22.6. The lowest BCUT2D eigenvalue weighted by Gasteiger charge is -2.26. The Hall–Kier alpha value is -3.22. The van der Waals surface area contributed by atoms with Crippen molar-refractivity contribution < 1.29 is 19.0 Å². The van der Waals surface area contributed by atoms with Gasteiger partial charge in [0.15, 0.2) is 17.1 Å². The molecule has 5 rings (SSSR count). The summed E-state index contributed by atoms with van der Waals surface area (Å²) >= 11 is 5.93. The number of oxazole rings is 1. The van der Waals surface area contributed by atoms with Crippen molar-refractivity contribution in [1.29, 1.82) is 0 Å². The molecular formula is C27H27ClN2O4. The third kappa shape index (κ3) is 5.46. The maximum Gasteiger partial charge on any atom is 0.227 e. The summed E-state index contributed by atoms with van der Waals surface area (Å²) in [5.41, 5.74) is 1.98. The van der Waals surface area contributed by atoms with Crippen molar-refractivity contribution in [2.24, 2.45) is 0 Å². The predicted octanol–water partition coefficient (Wildman–Crippen LogP) is 6.90. The first-order valence-electron chi connectivity index (χ1n) is 11.7. The van der Waals surface area contributed by atoms with Crippen molar-refractivity contribution in [3.8, 4) is 34.5 Å². The van der Waals surface area contributed by atoms with Crippen LogP contribution in [-0.2, 0) is 0 Å². The molecule has 0 aliphatic carbocycles. The van der Waals surface area contributed by atoms with Crippen molar-refractivity contribution in [3.63, 3.8) is 0 Å². The second kappa shape index (κ2) is 10.4. The molecule has 1 fully saturated rings. The second-order valence-corrected chi connectivity index (χ2v) is 8.93. The van der Waals surface area contributed by atoms with Crippen LogP contribution in [0, 0.1) is 0 Å². The third-order valence-corrected chi connectivity index (χ3v) is 6.19. The van der Waals surface area contributed by atoms with E-state index in [-0.39, 0.29) is 5.75 Å². The number of nitrogens with zero attached hydrogens (tertiary/aromatic N) is 2. The monoisotopic (exact) mass is 478 g/mol. The SMILES string of the molecule is Oc1cc(-c2nc3ccc(Oc4ccc(Cl)cc4)cc3o2)ccc1OCCCN1CCCCC1. The largest absolute Gasteiger partial charge is 0.504 e. The average Bonchev–Trinajstić information content (AvgIpc) is 3.28. The van der Waals surface area contributed by atoms with E-state index in [1.807, 2.05) is 18.2 Å². The number of ether oxygens (including phenoxy) is 2. The maximum absolute atomic E-state index is 10.5. The predicted molar refractivity (Wildman–Crippen MR) is 133 cm³/mol. The maximum atomic E-state index is 10.5. The van der Waals surface area contributed by atoms with Crippen LogP contribution in [0.25, 0.3) is 22.6 Å². The van der Waals surface area contributed by atoms with E-state index in [9.17, 15) is 5.11 Å². The van der Waals surface area contributed by atoms with Crippen LogP contribution in [0.1, 0.15) is 25.7 Å². The normalized spacial score (nSPS) is 14.4. The molecule has 3 aromatic carbocycles. The molecule has 2 heterocycles. The van der Waals surface area contributed by atoms with E-state index in [2.05, 4.69) is 9.88 Å². The third-order valence-electron chi connectivity index (χ3n) is 5.94. The van der Waals surface area contributed by atoms with Crippen molar-refractivity contribution in [1.82, 2.24) is 9.88 Å². The lowest BCUT2D eigenvalue weighted by molar-refractivity contribution is 0.203. The van der Waals surface area contributed by atoms with Crippen LogP contribution in [0.3, 0.4) is 0 Å². The number of benzene rings is 3. The van der Waals surface area contributed by atoms with Gasteiger partial charge in [0.05, 0.1) is 6.61 Å². The highest BCUT2D eigenvalue weighted by atomic mass is 35.5. The quantitative estimate of drug-likeness (QED) is 0.278. The Morgan fingerprint density at radius 3 is 2.53 bits per heavy atom. The van der Waals surface area contributed by atoms with Crippen molar-refractivity contribution in [2.75, 3.05) is 26.2 Å². The Bertz CT molecular complexity index is 1250. The van der Waals surface area contributed by atoms with E-state index in [0.29, 0.717) is 51.4 Å². The summed E-state index contributed by atoms with van der Waals surface area (Å²) in [6.45, 7) is 3.96. The van der Waals surface area contributed by atoms with Crippen LogP contribution in [0.5, 0.6) is 23.0 Å². The standard InChI is InChI=1S/C27H27ClN2O4/c28-20-6-8-21(9-7-20)33-22-10-11-23-26(18-22)34-27(29-23)19-5-12-25(24(31)17-19)32-16-4-15-30-13-2-1-3-14-30/h5-12,17-18,31H,1-4,13-16H2. The van der Waals surface area contributed by atoms with Crippen LogP contribution in [0.15, 0.2) is 65.1 Å². The van der Waals surface area contributed by atoms with Crippen LogP contribution in [0.4, 0.5) is 0 Å². The topological polar surface area (TPSA) is 68.0 Å². The molecule has 1 N–H and O–H groups in total. The van der Waals surface area contributed by atoms with Crippen LogP contribution in [-0.4, -0.2) is 41.2 Å². The fourth-order valence-corrected chi connectivity index (χ4v) is 4.28. The van der Waals surface area contributed by atoms with E-state index >= 15 is 0 Å². The second-order valence-electron chi connectivity index (χ2n) is 8.49. The summed E-state index contributed by atoms with van der Waals surface area (Å²) in [6, 6.07) is 17.8. The average molecular weight is 479 g/mol. The zero-order valence-electron chi connectivity index (χ0n) is 18.9. The number of likely N-dealkylation sites (tertiary alicyclic amines) is 1. The number of phenolic OH excluding ortho intramolecular Hbond substituents is 1. The van der Waals surface area contributed by atoms with Crippen molar-refractivity contribution in [3.05, 3.63) is 65.7 Å². The molecule has 7 heteroatoms. The molecule has 0 bridgehead atoms. The van der Waals surface area contributed by atoms with Gasteiger partial charge in [0.1, 0.15) is 17.0 Å². The summed E-state index contributed by atoms with van der Waals surface area (Å²) in [5.74, 6) is 2.28. The Morgan fingerprint density at radius 1 is 0.941 bits per heavy atom. The summed E-state index contributed by atoms with van der Waals surface area (Å²) < 4.78 is 17.6. The molecule has 6 nitrogen and oxygen atoms in total. The number of fused-ring (bicyclic) bond motifs is 1. The highest BCUT2D eigenvalue weighted by molar-refractivity contribution is 6.30. The number of phenols is 1. The number of aromatic nitrogens is 1. The lowest BCUT2D eigenvalue weighted by atomic mass is 10.1. The summed E-state index contributed by atoms with van der Waals surface area (Å²) in [7, 11) is 0. The van der Waals surface area contributed by atoms with Crippen molar-refractivity contribution >= 4 is 22.7 Å². The molecule has 1 saturated heterocycles. The Labute approximate surface area is 203 Å². The molecule has 176 valence electrons. The van der Waals surface area contributed by atoms with E-state index < -0.39 is 0 Å². The molecule has 1 aromatic heterocycles. The summed E-state index contributed by atoms with van der Waals surface area (Å²) in [6.07, 6.45) is 4.85. The van der Waals surface area contributed by atoms with Crippen molar-refractivity contribution in [2.45, 2.75) is 25.7 Å². The molecule has 4 aromatic rings. The fraction of sp³-hybridized carbons (Fsp3) is 0.296. The van der Waals surface area contributed by atoms with Gasteiger partial charge >= 0.3 is 0 Å². The molecule has 0 atom stereocenters. The zero-order chi connectivity index (χ0) is 23.3. The summed E-state index contributed by atoms with van der Waals surface area (Å²) in [4.78, 5) is 7.02. The van der Waals surface area contributed by atoms with Gasteiger partial charge in [0.25, 0.3) is 0 Å². The van der Waals surface area contributed by atoms with Gasteiger partial charge in [0, 0.05) is 23.2 Å². The van der Waals surface area contributed by atoms with Gasteiger partial charge < -0.3 is 23.9 Å². The first-order chi connectivity index (χ1) is 16.6. The number of piperidine rings is 1. The van der Waals surface area contributed by atoms with Gasteiger partial charge in [0.2, 0.25) is 5.89 Å². The molecule has 0 unspecified atom stereocenters. The van der Waals surface area contributed by atoms with E-state index in [1.54, 1.807) is 42.5 Å². The summed E-state index contributed by atoms with van der Waals surface area (Å²) in [5, 5.41) is 11.1. The van der Waals surface area contributed by atoms with Gasteiger partial charge in [-0.3, -0.25) is 0 Å². The van der Waals surface area contributed by atoms with Gasteiger partial charge in [-0.25, -0.2) is 4.98 Å². The van der Waals surface area contributed by atoms with Gasteiger partial charge in [-0.05, 0) is 86.9 Å². The molecular weight excluding hydrogens is 452 g/mol. The minimum Gasteiger partial charge on any atom is -0.504 e. The molecule has 1 aliphatic rings. The van der Waals surface area contributed by atoms with E-state index in [1.165, 1.54) is 32.4 Å². The number of halogens is 1. The molecule has 0 radical (unpaired) electrons. The van der Waals surface area contributed by atoms with Gasteiger partial charge in [-0.15, -0.1) is 0 Å². The lowest BCUT2D eigenvalue weighted by Crippen LogP contribution is -2.31. The van der Waals surface area contributed by atoms with E-state index in [0.717, 1.165) is 13.0 Å². The number of aromatic hydroxyl groups is 1. The molecule has 0 saturated carbocycles. The molecule has 34 heavy (non-hydrogen) atoms. The van der Waals surface area contributed by atoms with Crippen LogP contribution < -0.4 is 9.47 Å². The Kier molecular flexibility index (Phi) is 6.88. The van der Waals surface area contributed by atoms with Gasteiger partial charge in [-0.1, -0.05) is 18.0 Å². The first-order valence-corrected chi connectivity index (χ1v) is 12.0. The smallest absolute Gasteiger partial charge is 0.227 e. The Morgan fingerprint density at radius 2 is 1.74 bits per heavy atom. The fourth-order valence-electron chi connectivity index (χ4n) is 4.16. The van der Waals surface area contributed by atoms with Crippen LogP contribution in [0.2, 0.25) is 5.02 Å². The van der Waals surface area contributed by atoms with Crippen LogP contribution >= 0.6 is 11.6 Å². The molecule has 0 spiro atoms. The minimum atomic E-state index is 0.0736. The number of hydrogen-bond donors (Lipinski definition) is 1. The molecule has 1 aliphatic heterocycles. The number of hydrogen-bond acceptors (Lipinski definition) is 6. The highest BCUT2D eigenvalue weighted by Gasteiger charge is 2.13.